The first-order valence-corrected chi connectivity index (χ1v) is 6.38. The third kappa shape index (κ3) is 2.35. The van der Waals surface area contributed by atoms with E-state index < -0.39 is 0 Å². The van der Waals surface area contributed by atoms with E-state index in [0.717, 1.165) is 37.4 Å². The summed E-state index contributed by atoms with van der Waals surface area (Å²) in [5.41, 5.74) is 0.772. The predicted octanol–water partition coefficient (Wildman–Crippen LogP) is 1.99. The first kappa shape index (κ1) is 11.8. The quantitative estimate of drug-likeness (QED) is 0.925. The highest BCUT2D eigenvalue weighted by atomic mass is 79.9. The summed E-state index contributed by atoms with van der Waals surface area (Å²) in [5.74, 6) is 1.02. The number of hydrogen-bond donors (Lipinski definition) is 1. The first-order valence-electron chi connectivity index (χ1n) is 5.58. The van der Waals surface area contributed by atoms with Crippen LogP contribution in [-0.2, 0) is 11.2 Å². The van der Waals surface area contributed by atoms with Crippen molar-refractivity contribution in [3.63, 3.8) is 0 Å². The fraction of sp³-hybridized carbons (Fsp3) is 0.636. The van der Waals surface area contributed by atoms with Crippen LogP contribution in [0.4, 0.5) is 0 Å². The maximum absolute atomic E-state index is 11.7. The molecule has 0 spiro atoms. The zero-order valence-electron chi connectivity index (χ0n) is 9.25. The van der Waals surface area contributed by atoms with E-state index in [4.69, 9.17) is 4.74 Å². The fourth-order valence-corrected chi connectivity index (χ4v) is 2.26. The Balaban J connectivity index is 2.35. The van der Waals surface area contributed by atoms with Gasteiger partial charge >= 0.3 is 0 Å². The minimum Gasteiger partial charge on any atom is -0.381 e. The number of halogens is 1. The lowest BCUT2D eigenvalue weighted by Crippen LogP contribution is -2.18. The molecule has 1 saturated heterocycles. The van der Waals surface area contributed by atoms with Gasteiger partial charge in [0.05, 0.1) is 12.3 Å². The Bertz CT molecular complexity index is 424. The molecular weight excluding hydrogens is 272 g/mol. The van der Waals surface area contributed by atoms with Crippen LogP contribution >= 0.6 is 15.9 Å². The number of aromatic nitrogens is 2. The highest BCUT2D eigenvalue weighted by Crippen LogP contribution is 2.22. The number of nitrogens with zero attached hydrogens (tertiary/aromatic N) is 1. The molecule has 1 aliphatic heterocycles. The molecule has 1 aromatic rings. The molecule has 1 aliphatic rings. The SMILES string of the molecule is CCCc1nc(C2CCOC2)[nH]c(=O)c1Br. The monoisotopic (exact) mass is 286 g/mol. The van der Waals surface area contributed by atoms with Crippen molar-refractivity contribution in [2.24, 2.45) is 0 Å². The Morgan fingerprint density at radius 3 is 3.06 bits per heavy atom. The summed E-state index contributed by atoms with van der Waals surface area (Å²) in [6, 6.07) is 0. The van der Waals surface area contributed by atoms with Gasteiger partial charge in [0.25, 0.3) is 5.56 Å². The number of aryl methyl sites for hydroxylation is 1. The summed E-state index contributed by atoms with van der Waals surface area (Å²) in [6.07, 6.45) is 2.75. The van der Waals surface area contributed by atoms with E-state index in [2.05, 4.69) is 32.8 Å². The molecule has 1 aromatic heterocycles. The summed E-state index contributed by atoms with van der Waals surface area (Å²) in [6.45, 7) is 3.50. The van der Waals surface area contributed by atoms with Crippen LogP contribution in [0.5, 0.6) is 0 Å². The van der Waals surface area contributed by atoms with Crippen LogP contribution in [0.3, 0.4) is 0 Å². The van der Waals surface area contributed by atoms with Crippen molar-refractivity contribution in [1.82, 2.24) is 9.97 Å². The zero-order valence-corrected chi connectivity index (χ0v) is 10.8. The van der Waals surface area contributed by atoms with Crippen molar-refractivity contribution in [3.05, 3.63) is 26.3 Å². The van der Waals surface area contributed by atoms with Crippen LogP contribution in [0.2, 0.25) is 0 Å². The van der Waals surface area contributed by atoms with Crippen molar-refractivity contribution in [2.75, 3.05) is 13.2 Å². The lowest BCUT2D eigenvalue weighted by atomic mass is 10.1. The lowest BCUT2D eigenvalue weighted by Gasteiger charge is -2.09. The van der Waals surface area contributed by atoms with Gasteiger partial charge in [0.2, 0.25) is 0 Å². The van der Waals surface area contributed by atoms with Crippen molar-refractivity contribution in [1.29, 1.82) is 0 Å². The molecule has 1 atom stereocenters. The van der Waals surface area contributed by atoms with Crippen LogP contribution in [0.15, 0.2) is 9.27 Å². The zero-order chi connectivity index (χ0) is 11.5. The van der Waals surface area contributed by atoms with Crippen LogP contribution in [0.25, 0.3) is 0 Å². The Labute approximate surface area is 103 Å². The van der Waals surface area contributed by atoms with Gasteiger partial charge in [-0.3, -0.25) is 4.79 Å². The van der Waals surface area contributed by atoms with Crippen molar-refractivity contribution < 1.29 is 4.74 Å². The Kier molecular flexibility index (Phi) is 3.76. The molecule has 2 rings (SSSR count). The van der Waals surface area contributed by atoms with Crippen molar-refractivity contribution >= 4 is 15.9 Å². The molecule has 0 amide bonds. The molecule has 1 N–H and O–H groups in total. The number of ether oxygens (including phenoxy) is 1. The van der Waals surface area contributed by atoms with Gasteiger partial charge in [-0.05, 0) is 28.8 Å². The second-order valence-electron chi connectivity index (χ2n) is 4.02. The van der Waals surface area contributed by atoms with Gasteiger partial charge < -0.3 is 9.72 Å². The minimum atomic E-state index is -0.0830. The number of aromatic amines is 1. The van der Waals surface area contributed by atoms with Gasteiger partial charge in [0, 0.05) is 12.5 Å². The van der Waals surface area contributed by atoms with Gasteiger partial charge in [-0.25, -0.2) is 4.98 Å². The second-order valence-corrected chi connectivity index (χ2v) is 4.82. The van der Waals surface area contributed by atoms with Crippen LogP contribution < -0.4 is 5.56 Å². The molecule has 1 unspecified atom stereocenters. The standard InChI is InChI=1S/C11H15BrN2O2/c1-2-3-8-9(12)11(15)14-10(13-8)7-4-5-16-6-7/h7H,2-6H2,1H3,(H,13,14,15). The van der Waals surface area contributed by atoms with Crippen molar-refractivity contribution in [2.45, 2.75) is 32.1 Å². The van der Waals surface area contributed by atoms with E-state index in [1.807, 2.05) is 0 Å². The topological polar surface area (TPSA) is 55.0 Å². The largest absolute Gasteiger partial charge is 0.381 e. The molecule has 2 heterocycles. The Hall–Kier alpha value is -0.680. The first-order chi connectivity index (χ1) is 7.72. The van der Waals surface area contributed by atoms with Crippen LogP contribution in [0.1, 0.15) is 37.2 Å². The van der Waals surface area contributed by atoms with Gasteiger partial charge in [0.15, 0.2) is 0 Å². The van der Waals surface area contributed by atoms with Crippen LogP contribution in [0, 0.1) is 0 Å². The van der Waals surface area contributed by atoms with Gasteiger partial charge in [-0.15, -0.1) is 0 Å². The van der Waals surface area contributed by atoms with Crippen molar-refractivity contribution in [3.8, 4) is 0 Å². The van der Waals surface area contributed by atoms with E-state index in [1.54, 1.807) is 0 Å². The van der Waals surface area contributed by atoms with E-state index in [-0.39, 0.29) is 11.5 Å². The van der Waals surface area contributed by atoms with E-state index in [9.17, 15) is 4.79 Å². The number of nitrogens with one attached hydrogen (secondary N) is 1. The van der Waals surface area contributed by atoms with E-state index in [1.165, 1.54) is 0 Å². The number of hydrogen-bond acceptors (Lipinski definition) is 3. The number of H-pyrrole nitrogens is 1. The molecular formula is C11H15BrN2O2. The summed E-state index contributed by atoms with van der Waals surface area (Å²) >= 11 is 3.29. The fourth-order valence-electron chi connectivity index (χ4n) is 1.87. The molecule has 0 bridgehead atoms. The predicted molar refractivity (Wildman–Crippen MR) is 64.7 cm³/mol. The molecule has 5 heteroatoms. The Morgan fingerprint density at radius 2 is 2.44 bits per heavy atom. The maximum atomic E-state index is 11.7. The summed E-state index contributed by atoms with van der Waals surface area (Å²) in [7, 11) is 0. The van der Waals surface area contributed by atoms with Gasteiger partial charge in [-0.1, -0.05) is 13.3 Å². The lowest BCUT2D eigenvalue weighted by molar-refractivity contribution is 0.193. The maximum Gasteiger partial charge on any atom is 0.265 e. The molecule has 0 aliphatic carbocycles. The third-order valence-electron chi connectivity index (χ3n) is 2.75. The number of rotatable bonds is 3. The summed E-state index contributed by atoms with van der Waals surface area (Å²) in [5, 5.41) is 0. The van der Waals surface area contributed by atoms with E-state index >= 15 is 0 Å². The smallest absolute Gasteiger partial charge is 0.265 e. The highest BCUT2D eigenvalue weighted by molar-refractivity contribution is 9.10. The van der Waals surface area contributed by atoms with Gasteiger partial charge in [-0.2, -0.15) is 0 Å². The Morgan fingerprint density at radius 1 is 1.62 bits per heavy atom. The molecule has 1 fully saturated rings. The summed E-state index contributed by atoms with van der Waals surface area (Å²) < 4.78 is 5.87. The third-order valence-corrected chi connectivity index (χ3v) is 3.57. The normalized spacial score (nSPS) is 20.2. The molecule has 0 saturated carbocycles. The molecule has 4 nitrogen and oxygen atoms in total. The van der Waals surface area contributed by atoms with Crippen LogP contribution in [-0.4, -0.2) is 23.2 Å². The van der Waals surface area contributed by atoms with E-state index in [0.29, 0.717) is 11.1 Å². The minimum absolute atomic E-state index is 0.0830. The molecule has 16 heavy (non-hydrogen) atoms. The molecule has 0 radical (unpaired) electrons. The highest BCUT2D eigenvalue weighted by Gasteiger charge is 2.21. The molecule has 88 valence electrons. The summed E-state index contributed by atoms with van der Waals surface area (Å²) in [4.78, 5) is 19.1. The average Bonchev–Trinajstić information content (AvgIpc) is 2.78. The van der Waals surface area contributed by atoms with Gasteiger partial charge in [0.1, 0.15) is 10.3 Å². The molecule has 0 aromatic carbocycles. The second kappa shape index (κ2) is 5.10. The average molecular weight is 287 g/mol.